The Morgan fingerprint density at radius 2 is 1.97 bits per heavy atom. The van der Waals surface area contributed by atoms with Gasteiger partial charge >= 0.3 is 6.36 Å². The van der Waals surface area contributed by atoms with Crippen LogP contribution in [0.15, 0.2) is 22.6 Å². The van der Waals surface area contributed by atoms with Gasteiger partial charge in [-0.15, -0.1) is 23.4 Å². The topological polar surface area (TPSA) is 95.7 Å². The molecular weight excluding hydrogens is 474 g/mol. The van der Waals surface area contributed by atoms with Gasteiger partial charge in [0.25, 0.3) is 5.91 Å². The van der Waals surface area contributed by atoms with Crippen LogP contribution in [0.3, 0.4) is 0 Å². The van der Waals surface area contributed by atoms with Crippen molar-refractivity contribution in [3.63, 3.8) is 0 Å². The molecule has 0 bridgehead atoms. The van der Waals surface area contributed by atoms with Crippen LogP contribution < -0.4 is 10.1 Å². The summed E-state index contributed by atoms with van der Waals surface area (Å²) in [4.78, 5) is 12.1. The van der Waals surface area contributed by atoms with Crippen molar-refractivity contribution in [2.75, 3.05) is 13.2 Å². The van der Waals surface area contributed by atoms with Crippen LogP contribution in [0.25, 0.3) is 0 Å². The third kappa shape index (κ3) is 6.33. The van der Waals surface area contributed by atoms with Crippen molar-refractivity contribution in [1.82, 2.24) is 15.5 Å². The van der Waals surface area contributed by atoms with E-state index in [9.17, 15) is 22.4 Å². The lowest BCUT2D eigenvalue weighted by Crippen LogP contribution is -2.43. The van der Waals surface area contributed by atoms with Gasteiger partial charge in [0.1, 0.15) is 17.7 Å². The second-order valence-electron chi connectivity index (χ2n) is 7.86. The molecule has 2 atom stereocenters. The van der Waals surface area contributed by atoms with Crippen LogP contribution in [-0.4, -0.2) is 47.8 Å². The maximum absolute atomic E-state index is 13.4. The lowest BCUT2D eigenvalue weighted by Gasteiger charge is -2.33. The molecule has 33 heavy (non-hydrogen) atoms. The average molecular weight is 494 g/mol. The summed E-state index contributed by atoms with van der Waals surface area (Å²) in [7, 11) is 0. The average Bonchev–Trinajstić information content (AvgIpc) is 3.21. The van der Waals surface area contributed by atoms with Crippen molar-refractivity contribution in [1.29, 1.82) is 0 Å². The first-order valence-electron chi connectivity index (χ1n) is 10.2. The maximum atomic E-state index is 13.4. The molecule has 1 saturated heterocycles. The molecule has 8 nitrogen and oxygen atoms in total. The van der Waals surface area contributed by atoms with E-state index in [1.165, 1.54) is 12.1 Å². The SMILES string of the molecule is O=C(COc1ccc(Cl)c(F)c1)N[C@H]1CC[C@H](c2nnc(C3CC(OC(F)(F)F)C3)o2)OC1. The Hall–Kier alpha value is -2.44. The van der Waals surface area contributed by atoms with Gasteiger partial charge in [0, 0.05) is 12.0 Å². The molecule has 0 radical (unpaired) electrons. The van der Waals surface area contributed by atoms with Gasteiger partial charge in [-0.1, -0.05) is 11.6 Å². The van der Waals surface area contributed by atoms with Gasteiger partial charge in [-0.25, -0.2) is 4.39 Å². The van der Waals surface area contributed by atoms with Crippen molar-refractivity contribution >= 4 is 17.5 Å². The number of benzene rings is 1. The van der Waals surface area contributed by atoms with Gasteiger partial charge in [-0.2, -0.15) is 0 Å². The van der Waals surface area contributed by atoms with E-state index >= 15 is 0 Å². The van der Waals surface area contributed by atoms with Crippen molar-refractivity contribution in [3.8, 4) is 5.75 Å². The zero-order valence-corrected chi connectivity index (χ0v) is 17.9. The van der Waals surface area contributed by atoms with Crippen LogP contribution in [0.5, 0.6) is 5.75 Å². The minimum Gasteiger partial charge on any atom is -0.484 e. The Labute approximate surface area is 190 Å². The number of carbonyl (C=O) groups is 1. The summed E-state index contributed by atoms with van der Waals surface area (Å²) in [5.41, 5.74) is 0. The van der Waals surface area contributed by atoms with E-state index in [-0.39, 0.29) is 60.6 Å². The predicted octanol–water partition coefficient (Wildman–Crippen LogP) is 4.06. The number of aromatic nitrogens is 2. The lowest BCUT2D eigenvalue weighted by molar-refractivity contribution is -0.352. The molecular formula is C20H20ClF4N3O5. The van der Waals surface area contributed by atoms with Crippen LogP contribution in [0.2, 0.25) is 5.02 Å². The Kier molecular flexibility index (Phi) is 7.05. The Morgan fingerprint density at radius 1 is 1.21 bits per heavy atom. The molecule has 0 spiro atoms. The normalized spacial score (nSPS) is 25.4. The molecule has 1 aromatic heterocycles. The van der Waals surface area contributed by atoms with Crippen LogP contribution in [-0.2, 0) is 14.3 Å². The lowest BCUT2D eigenvalue weighted by atomic mass is 9.82. The fourth-order valence-corrected chi connectivity index (χ4v) is 3.76. The molecule has 2 heterocycles. The fraction of sp³-hybridized carbons (Fsp3) is 0.550. The van der Waals surface area contributed by atoms with Gasteiger partial charge in [-0.05, 0) is 37.8 Å². The molecule has 1 saturated carbocycles. The van der Waals surface area contributed by atoms with E-state index in [1.807, 2.05) is 0 Å². The highest BCUT2D eigenvalue weighted by Gasteiger charge is 2.42. The number of rotatable bonds is 7. The molecule has 1 amide bonds. The number of hydrogen-bond acceptors (Lipinski definition) is 7. The molecule has 1 aliphatic heterocycles. The number of alkyl halides is 3. The van der Waals surface area contributed by atoms with E-state index in [4.69, 9.17) is 25.5 Å². The fourth-order valence-electron chi connectivity index (χ4n) is 3.64. The summed E-state index contributed by atoms with van der Waals surface area (Å²) in [5.74, 6) is -0.606. The van der Waals surface area contributed by atoms with Crippen molar-refractivity contribution in [2.24, 2.45) is 0 Å². The number of nitrogens with zero attached hydrogens (tertiary/aromatic N) is 2. The van der Waals surface area contributed by atoms with Crippen molar-refractivity contribution < 1.29 is 41.0 Å². The molecule has 180 valence electrons. The number of halogens is 5. The molecule has 13 heteroatoms. The van der Waals surface area contributed by atoms with Gasteiger partial charge < -0.3 is 19.2 Å². The zero-order chi connectivity index (χ0) is 23.6. The number of hydrogen-bond donors (Lipinski definition) is 1. The van der Waals surface area contributed by atoms with Crippen LogP contribution in [0.4, 0.5) is 17.6 Å². The van der Waals surface area contributed by atoms with Crippen molar-refractivity contribution in [2.45, 2.75) is 56.2 Å². The van der Waals surface area contributed by atoms with E-state index in [1.54, 1.807) is 0 Å². The second-order valence-corrected chi connectivity index (χ2v) is 8.27. The highest BCUT2D eigenvalue weighted by Crippen LogP contribution is 2.41. The molecule has 1 aromatic carbocycles. The van der Waals surface area contributed by atoms with E-state index < -0.39 is 30.3 Å². The third-order valence-corrected chi connectivity index (χ3v) is 5.68. The first kappa shape index (κ1) is 23.7. The standard InChI is InChI=1S/C20H20ClF4N3O5/c21-14-3-2-12(7-15(14)22)30-9-17(29)26-11-1-4-16(31-8-11)19-28-27-18(32-19)10-5-13(6-10)33-20(23,24)25/h2-3,7,10-11,13,16H,1,4-6,8-9H2,(H,26,29)/t10?,11-,13?,16+/m0/s1. The third-order valence-electron chi connectivity index (χ3n) is 5.38. The van der Waals surface area contributed by atoms with Crippen LogP contribution in [0, 0.1) is 5.82 Å². The number of nitrogens with one attached hydrogen (secondary N) is 1. The highest BCUT2D eigenvalue weighted by atomic mass is 35.5. The molecule has 1 N–H and O–H groups in total. The van der Waals surface area contributed by atoms with Gasteiger partial charge in [-0.3, -0.25) is 9.53 Å². The van der Waals surface area contributed by atoms with E-state index in [2.05, 4.69) is 20.3 Å². The van der Waals surface area contributed by atoms with E-state index in [0.717, 1.165) is 6.07 Å². The Bertz CT molecular complexity index is 975. The molecule has 2 aromatic rings. The van der Waals surface area contributed by atoms with Gasteiger partial charge in [0.15, 0.2) is 6.61 Å². The molecule has 1 aliphatic carbocycles. The summed E-state index contributed by atoms with van der Waals surface area (Å²) in [6.45, 7) is -0.0942. The minimum atomic E-state index is -4.66. The first-order chi connectivity index (χ1) is 15.7. The number of carbonyl (C=O) groups excluding carboxylic acids is 1. The van der Waals surface area contributed by atoms with Crippen molar-refractivity contribution in [3.05, 3.63) is 40.8 Å². The Morgan fingerprint density at radius 3 is 2.64 bits per heavy atom. The summed E-state index contributed by atoms with van der Waals surface area (Å²) in [6.07, 6.45) is -4.62. The summed E-state index contributed by atoms with van der Waals surface area (Å²) in [5, 5.41) is 10.6. The zero-order valence-electron chi connectivity index (χ0n) is 17.1. The predicted molar refractivity (Wildman–Crippen MR) is 104 cm³/mol. The monoisotopic (exact) mass is 493 g/mol. The number of ether oxygens (including phenoxy) is 3. The molecule has 2 fully saturated rings. The van der Waals surface area contributed by atoms with E-state index in [0.29, 0.717) is 12.8 Å². The quantitative estimate of drug-likeness (QED) is 0.581. The largest absolute Gasteiger partial charge is 0.522 e. The highest BCUT2D eigenvalue weighted by molar-refractivity contribution is 6.30. The smallest absolute Gasteiger partial charge is 0.484 e. The molecule has 0 unspecified atom stereocenters. The van der Waals surface area contributed by atoms with Crippen LogP contribution >= 0.6 is 11.6 Å². The van der Waals surface area contributed by atoms with Gasteiger partial charge in [0.2, 0.25) is 11.8 Å². The minimum absolute atomic E-state index is 0.0403. The summed E-state index contributed by atoms with van der Waals surface area (Å²) >= 11 is 5.60. The molecule has 2 aliphatic rings. The second kappa shape index (κ2) is 9.82. The van der Waals surface area contributed by atoms with Crippen LogP contribution in [0.1, 0.15) is 49.5 Å². The van der Waals surface area contributed by atoms with Gasteiger partial charge in [0.05, 0.1) is 23.8 Å². The maximum Gasteiger partial charge on any atom is 0.522 e. The summed E-state index contributed by atoms with van der Waals surface area (Å²) in [6, 6.07) is 3.63. The Balaban J connectivity index is 1.18. The molecule has 4 rings (SSSR count). The summed E-state index contributed by atoms with van der Waals surface area (Å²) < 4.78 is 70.6. The number of amides is 1. The first-order valence-corrected chi connectivity index (χ1v) is 10.6.